The molecule has 3 N–H and O–H groups in total. The maximum absolute atomic E-state index is 14.1. The lowest BCUT2D eigenvalue weighted by Gasteiger charge is -2.38. The molecule has 63 heavy (non-hydrogen) atoms. The van der Waals surface area contributed by atoms with Gasteiger partial charge in [0.15, 0.2) is 6.10 Å². The molecule has 3 saturated heterocycles. The van der Waals surface area contributed by atoms with Crippen LogP contribution in [0.4, 0.5) is 34.1 Å². The predicted octanol–water partition coefficient (Wildman–Crippen LogP) is 6.69. The van der Waals surface area contributed by atoms with Crippen molar-refractivity contribution in [3.8, 4) is 0 Å². The number of piperidine rings is 2. The zero-order valence-electron chi connectivity index (χ0n) is 36.3. The van der Waals surface area contributed by atoms with Crippen LogP contribution in [-0.2, 0) is 42.9 Å². The summed E-state index contributed by atoms with van der Waals surface area (Å²) in [6.45, 7) is 7.44. The van der Waals surface area contributed by atoms with Crippen LogP contribution in [0.1, 0.15) is 81.4 Å². The van der Waals surface area contributed by atoms with Crippen molar-refractivity contribution in [3.63, 3.8) is 0 Å². The average Bonchev–Trinajstić information content (AvgIpc) is 3.59. The van der Waals surface area contributed by atoms with Crippen molar-refractivity contribution < 1.29 is 46.6 Å². The largest absolute Gasteiger partial charge is 0.466 e. The molecule has 0 saturated carbocycles. The van der Waals surface area contributed by atoms with Crippen molar-refractivity contribution in [2.45, 2.75) is 95.9 Å². The van der Waals surface area contributed by atoms with Crippen LogP contribution in [0.5, 0.6) is 0 Å². The first-order chi connectivity index (χ1) is 30.1. The van der Waals surface area contributed by atoms with Gasteiger partial charge in [-0.2, -0.15) is 13.2 Å². The van der Waals surface area contributed by atoms with Gasteiger partial charge in [-0.15, -0.1) is 0 Å². The Kier molecular flexibility index (Phi) is 16.5. The van der Waals surface area contributed by atoms with Crippen LogP contribution in [0.25, 0.3) is 0 Å². The van der Waals surface area contributed by atoms with Gasteiger partial charge in [0.1, 0.15) is 0 Å². The monoisotopic (exact) mass is 903 g/mol. The fourth-order valence-corrected chi connectivity index (χ4v) is 9.39. The van der Waals surface area contributed by atoms with E-state index in [2.05, 4.69) is 17.1 Å². The van der Waals surface area contributed by atoms with E-state index in [-0.39, 0.29) is 60.0 Å². The van der Waals surface area contributed by atoms with E-state index in [1.54, 1.807) is 11.9 Å². The molecule has 0 aliphatic carbocycles. The topological polar surface area (TPSA) is 158 Å². The van der Waals surface area contributed by atoms with Crippen LogP contribution in [-0.4, -0.2) is 139 Å². The summed E-state index contributed by atoms with van der Waals surface area (Å²) in [6, 6.07) is 9.41. The molecule has 0 aromatic heterocycles. The molecular weight excluding hydrogens is 843 g/mol. The van der Waals surface area contributed by atoms with Gasteiger partial charge < -0.3 is 45.0 Å². The minimum atomic E-state index is -4.80. The van der Waals surface area contributed by atoms with E-state index in [9.17, 15) is 37.1 Å². The van der Waals surface area contributed by atoms with E-state index >= 15 is 0 Å². The number of nitrogen functional groups attached to an aromatic ring is 1. The Balaban J connectivity index is 0.992. The molecule has 4 aliphatic heterocycles. The van der Waals surface area contributed by atoms with E-state index in [1.807, 2.05) is 29.2 Å². The predicted molar refractivity (Wildman–Crippen MR) is 232 cm³/mol. The molecule has 2 aromatic carbocycles. The van der Waals surface area contributed by atoms with E-state index in [4.69, 9.17) is 26.8 Å². The van der Waals surface area contributed by atoms with Gasteiger partial charge in [-0.05, 0) is 106 Å². The molecule has 346 valence electrons. The summed E-state index contributed by atoms with van der Waals surface area (Å²) in [6.07, 6.45) is -0.838. The van der Waals surface area contributed by atoms with Gasteiger partial charge in [-0.1, -0.05) is 36.7 Å². The lowest BCUT2D eigenvalue weighted by atomic mass is 9.83. The molecule has 18 heteroatoms. The molecule has 14 nitrogen and oxygen atoms in total. The number of fused-ring (bicyclic) bond motifs is 1. The molecule has 1 unspecified atom stereocenters. The number of carbonyl (C=O) groups excluding carboxylic acids is 5. The molecule has 0 bridgehead atoms. The number of hydrogen-bond donors (Lipinski definition) is 2. The summed E-state index contributed by atoms with van der Waals surface area (Å²) < 4.78 is 53.0. The van der Waals surface area contributed by atoms with Gasteiger partial charge >= 0.3 is 24.3 Å². The highest BCUT2D eigenvalue weighted by Gasteiger charge is 2.37. The van der Waals surface area contributed by atoms with Gasteiger partial charge in [-0.25, -0.2) is 9.59 Å². The SMILES string of the molecule is CC(CCN(C)C(=O)[C@@H](Cc1cc(Cl)c(N)c(C(F)(F)F)c1)OC(=O)N1CCC(N2CCc3ccccc3NC2=O)CC1)C1CCN(CCC(=O)OCCCN2CCCC2=O)CC1. The zero-order chi connectivity index (χ0) is 45.3. The maximum atomic E-state index is 14.1. The third-order valence-electron chi connectivity index (χ3n) is 13.1. The fourth-order valence-electron chi connectivity index (χ4n) is 9.15. The molecule has 5 amide bonds. The standard InChI is InChI=1S/C45H61ClF3N7O7/c1-30(32-11-20-53(21-12-32)22-16-40(58)62-26-6-18-54-17-5-9-39(54)57)10-19-52(2)42(59)38(29-31-27-35(45(47,48)49)41(50)36(46)28-31)63-44(61)55-23-14-34(15-24-55)56-25-13-33-7-3-4-8-37(33)51-43(56)60/h3-4,7-8,27-28,30,32,34,38H,5-6,9-26,29,50H2,1-2H3,(H,51,60)/t30?,38-/m1/s1. The van der Waals surface area contributed by atoms with Crippen molar-refractivity contribution >= 4 is 52.9 Å². The number of ether oxygens (including phenoxy) is 2. The minimum Gasteiger partial charge on any atom is -0.466 e. The first-order valence-electron chi connectivity index (χ1n) is 22.2. The molecule has 0 radical (unpaired) electrons. The van der Waals surface area contributed by atoms with Crippen LogP contribution in [0, 0.1) is 11.8 Å². The summed E-state index contributed by atoms with van der Waals surface area (Å²) in [5, 5.41) is 2.66. The Morgan fingerprint density at radius 2 is 1.71 bits per heavy atom. The van der Waals surface area contributed by atoms with Crippen molar-refractivity contribution in [2.24, 2.45) is 11.8 Å². The second kappa shape index (κ2) is 21.7. The quantitative estimate of drug-likeness (QED) is 0.107. The maximum Gasteiger partial charge on any atom is 0.418 e. The summed E-state index contributed by atoms with van der Waals surface area (Å²) in [7, 11) is 1.59. The first kappa shape index (κ1) is 47.7. The molecule has 4 heterocycles. The number of esters is 1. The lowest BCUT2D eigenvalue weighted by Crippen LogP contribution is -2.51. The Bertz CT molecular complexity index is 1940. The summed E-state index contributed by atoms with van der Waals surface area (Å²) in [4.78, 5) is 73.8. The summed E-state index contributed by atoms with van der Waals surface area (Å²) in [5.74, 6) is -0.0171. The average molecular weight is 904 g/mol. The number of urea groups is 1. The number of rotatable bonds is 16. The number of likely N-dealkylation sites (N-methyl/N-ethyl adjacent to an activating group) is 1. The van der Waals surface area contributed by atoms with Gasteiger partial charge in [-0.3, -0.25) is 14.4 Å². The number of nitrogens with zero attached hydrogens (tertiary/aromatic N) is 5. The molecule has 2 atom stereocenters. The van der Waals surface area contributed by atoms with Gasteiger partial charge in [0, 0.05) is 77.4 Å². The Morgan fingerprint density at radius 3 is 2.41 bits per heavy atom. The smallest absolute Gasteiger partial charge is 0.418 e. The van der Waals surface area contributed by atoms with E-state index in [0.717, 1.165) is 56.2 Å². The minimum absolute atomic E-state index is 0.0385. The molecule has 0 spiro atoms. The summed E-state index contributed by atoms with van der Waals surface area (Å²) in [5.41, 5.74) is 5.78. The van der Waals surface area contributed by atoms with Crippen LogP contribution in [0.2, 0.25) is 5.02 Å². The summed E-state index contributed by atoms with van der Waals surface area (Å²) >= 11 is 6.14. The number of halogens is 4. The highest BCUT2D eigenvalue weighted by molar-refractivity contribution is 6.33. The number of amides is 5. The number of nitrogens with one attached hydrogen (secondary N) is 1. The Hall–Kier alpha value is -4.77. The number of para-hydroxylation sites is 1. The number of nitrogens with two attached hydrogens (primary N) is 1. The van der Waals surface area contributed by atoms with Crippen molar-refractivity contribution in [2.75, 3.05) is 83.6 Å². The molecule has 6 rings (SSSR count). The van der Waals surface area contributed by atoms with Crippen LogP contribution in [0.3, 0.4) is 0 Å². The second-order valence-electron chi connectivity index (χ2n) is 17.4. The molecule has 2 aromatic rings. The molecule has 4 aliphatic rings. The molecular formula is C45H61ClF3N7O7. The third kappa shape index (κ3) is 12.9. The van der Waals surface area contributed by atoms with Gasteiger partial charge in [0.25, 0.3) is 5.91 Å². The van der Waals surface area contributed by atoms with Crippen molar-refractivity contribution in [1.82, 2.24) is 24.5 Å². The number of hydrogen-bond acceptors (Lipinski definition) is 9. The van der Waals surface area contributed by atoms with E-state index in [0.29, 0.717) is 83.6 Å². The third-order valence-corrected chi connectivity index (χ3v) is 13.4. The van der Waals surface area contributed by atoms with Crippen LogP contribution < -0.4 is 11.1 Å². The Labute approximate surface area is 372 Å². The molecule has 3 fully saturated rings. The lowest BCUT2D eigenvalue weighted by molar-refractivity contribution is -0.144. The first-order valence-corrected chi connectivity index (χ1v) is 22.6. The number of alkyl halides is 3. The van der Waals surface area contributed by atoms with Gasteiger partial charge in [0.05, 0.1) is 29.3 Å². The van der Waals surface area contributed by atoms with E-state index in [1.165, 1.54) is 15.9 Å². The highest BCUT2D eigenvalue weighted by Crippen LogP contribution is 2.38. The fraction of sp³-hybridized carbons (Fsp3) is 0.622. The van der Waals surface area contributed by atoms with E-state index < -0.39 is 35.5 Å². The van der Waals surface area contributed by atoms with Crippen molar-refractivity contribution in [3.05, 3.63) is 58.1 Å². The van der Waals surface area contributed by atoms with Crippen molar-refractivity contribution in [1.29, 1.82) is 0 Å². The van der Waals surface area contributed by atoms with Crippen LogP contribution >= 0.6 is 11.6 Å². The Morgan fingerprint density at radius 1 is 0.984 bits per heavy atom. The number of likely N-dealkylation sites (tertiary alicyclic amines) is 3. The number of benzene rings is 2. The number of anilines is 2. The highest BCUT2D eigenvalue weighted by atomic mass is 35.5. The number of carbonyl (C=O) groups is 5. The second-order valence-corrected chi connectivity index (χ2v) is 17.8. The van der Waals surface area contributed by atoms with Crippen LogP contribution in [0.15, 0.2) is 36.4 Å². The van der Waals surface area contributed by atoms with Gasteiger partial charge in [0.2, 0.25) is 5.91 Å². The normalized spacial score (nSPS) is 19.0. The zero-order valence-corrected chi connectivity index (χ0v) is 37.1.